The van der Waals surface area contributed by atoms with E-state index < -0.39 is 0 Å². The molecule has 0 radical (unpaired) electrons. The number of nitrogens with one attached hydrogen (secondary N) is 1. The summed E-state index contributed by atoms with van der Waals surface area (Å²) in [6.07, 6.45) is 8.02. The largest absolute Gasteiger partial charge is 0.361 e. The Labute approximate surface area is 180 Å². The van der Waals surface area contributed by atoms with Crippen molar-refractivity contribution in [3.8, 4) is 0 Å². The standard InChI is InChI=1S/C28H32N2/c1-3-11-24(12-4-1)15-9-20-30(21-10-16-25-13-5-2-6-14-25)22-19-26-23-29-28-18-8-7-17-27(26)28/h1-8,11-14,17-18,23,29H,9-10,15-16,19-22H2. The van der Waals surface area contributed by atoms with Crippen molar-refractivity contribution >= 4 is 10.9 Å². The average molecular weight is 397 g/mol. The molecular weight excluding hydrogens is 364 g/mol. The molecule has 4 rings (SSSR count). The topological polar surface area (TPSA) is 19.0 Å². The van der Waals surface area contributed by atoms with Crippen LogP contribution in [0.25, 0.3) is 10.9 Å². The van der Waals surface area contributed by atoms with E-state index in [9.17, 15) is 0 Å². The number of para-hydroxylation sites is 1. The first kappa shape index (κ1) is 20.4. The van der Waals surface area contributed by atoms with Crippen LogP contribution >= 0.6 is 0 Å². The third kappa shape index (κ3) is 5.84. The maximum atomic E-state index is 3.42. The van der Waals surface area contributed by atoms with Crippen LogP contribution in [-0.4, -0.2) is 29.5 Å². The van der Waals surface area contributed by atoms with Gasteiger partial charge in [0.2, 0.25) is 0 Å². The zero-order chi connectivity index (χ0) is 20.4. The molecule has 0 amide bonds. The van der Waals surface area contributed by atoms with Crippen LogP contribution in [0, 0.1) is 0 Å². The van der Waals surface area contributed by atoms with E-state index in [0.717, 1.165) is 38.9 Å². The Morgan fingerprint density at radius 1 is 0.567 bits per heavy atom. The van der Waals surface area contributed by atoms with Crippen molar-refractivity contribution in [3.63, 3.8) is 0 Å². The highest BCUT2D eigenvalue weighted by Gasteiger charge is 2.09. The fourth-order valence-electron chi connectivity index (χ4n) is 4.26. The van der Waals surface area contributed by atoms with E-state index in [1.165, 1.54) is 40.4 Å². The highest BCUT2D eigenvalue weighted by molar-refractivity contribution is 5.83. The minimum Gasteiger partial charge on any atom is -0.361 e. The van der Waals surface area contributed by atoms with Crippen molar-refractivity contribution in [1.29, 1.82) is 0 Å². The Kier molecular flexibility index (Phi) is 7.36. The molecule has 154 valence electrons. The Hall–Kier alpha value is -2.84. The zero-order valence-corrected chi connectivity index (χ0v) is 17.8. The van der Waals surface area contributed by atoms with Gasteiger partial charge < -0.3 is 9.88 Å². The molecule has 0 spiro atoms. The summed E-state index contributed by atoms with van der Waals surface area (Å²) in [7, 11) is 0. The number of hydrogen-bond acceptors (Lipinski definition) is 1. The first-order valence-corrected chi connectivity index (χ1v) is 11.2. The molecule has 0 aliphatic heterocycles. The fourth-order valence-corrected chi connectivity index (χ4v) is 4.26. The molecule has 1 N–H and O–H groups in total. The molecule has 0 unspecified atom stereocenters. The van der Waals surface area contributed by atoms with Crippen molar-refractivity contribution in [2.24, 2.45) is 0 Å². The van der Waals surface area contributed by atoms with E-state index in [-0.39, 0.29) is 0 Å². The molecule has 3 aromatic carbocycles. The van der Waals surface area contributed by atoms with E-state index in [1.807, 2.05) is 0 Å². The molecule has 0 atom stereocenters. The van der Waals surface area contributed by atoms with Crippen LogP contribution in [0.3, 0.4) is 0 Å². The summed E-state index contributed by atoms with van der Waals surface area (Å²) >= 11 is 0. The number of aromatic nitrogens is 1. The Bertz CT molecular complexity index is 959. The van der Waals surface area contributed by atoms with Gasteiger partial charge in [-0.05, 0) is 68.0 Å². The van der Waals surface area contributed by atoms with Crippen LogP contribution in [0.5, 0.6) is 0 Å². The van der Waals surface area contributed by atoms with Crippen molar-refractivity contribution < 1.29 is 0 Å². The molecule has 2 heteroatoms. The minimum atomic E-state index is 1.10. The molecule has 1 heterocycles. The van der Waals surface area contributed by atoms with Crippen LogP contribution in [0.15, 0.2) is 91.1 Å². The Morgan fingerprint density at radius 3 is 1.77 bits per heavy atom. The monoisotopic (exact) mass is 396 g/mol. The second-order valence-corrected chi connectivity index (χ2v) is 8.13. The van der Waals surface area contributed by atoms with Crippen molar-refractivity contribution in [3.05, 3.63) is 108 Å². The van der Waals surface area contributed by atoms with Gasteiger partial charge >= 0.3 is 0 Å². The van der Waals surface area contributed by atoms with Crippen LogP contribution < -0.4 is 0 Å². The number of nitrogens with zero attached hydrogens (tertiary/aromatic N) is 1. The summed E-state index contributed by atoms with van der Waals surface area (Å²) in [6.45, 7) is 3.43. The number of hydrogen-bond donors (Lipinski definition) is 1. The summed E-state index contributed by atoms with van der Waals surface area (Å²) in [6, 6.07) is 30.4. The average Bonchev–Trinajstić information content (AvgIpc) is 3.22. The van der Waals surface area contributed by atoms with E-state index in [2.05, 4.69) is 101 Å². The van der Waals surface area contributed by atoms with Gasteiger partial charge in [-0.1, -0.05) is 78.9 Å². The summed E-state index contributed by atoms with van der Waals surface area (Å²) in [5, 5.41) is 1.37. The van der Waals surface area contributed by atoms with Crippen LogP contribution in [0.1, 0.15) is 29.5 Å². The summed E-state index contributed by atoms with van der Waals surface area (Å²) in [5.74, 6) is 0. The Balaban J connectivity index is 1.33. The van der Waals surface area contributed by atoms with Gasteiger partial charge in [0, 0.05) is 23.6 Å². The normalized spacial score (nSPS) is 11.4. The molecule has 0 aliphatic rings. The maximum Gasteiger partial charge on any atom is 0.0456 e. The highest BCUT2D eigenvalue weighted by Crippen LogP contribution is 2.18. The van der Waals surface area contributed by atoms with Crippen molar-refractivity contribution in [2.75, 3.05) is 19.6 Å². The highest BCUT2D eigenvalue weighted by atomic mass is 15.1. The molecule has 4 aromatic rings. The van der Waals surface area contributed by atoms with Gasteiger partial charge in [-0.3, -0.25) is 0 Å². The predicted molar refractivity (Wildman–Crippen MR) is 128 cm³/mol. The quantitative estimate of drug-likeness (QED) is 0.316. The van der Waals surface area contributed by atoms with Gasteiger partial charge in [-0.15, -0.1) is 0 Å². The number of rotatable bonds is 11. The molecular formula is C28H32N2. The van der Waals surface area contributed by atoms with Crippen LogP contribution in [-0.2, 0) is 19.3 Å². The number of aryl methyl sites for hydroxylation is 2. The molecule has 2 nitrogen and oxygen atoms in total. The van der Waals surface area contributed by atoms with Gasteiger partial charge in [0.05, 0.1) is 0 Å². The molecule has 1 aromatic heterocycles. The minimum absolute atomic E-state index is 1.10. The summed E-state index contributed by atoms with van der Waals surface area (Å²) in [4.78, 5) is 6.08. The SMILES string of the molecule is c1ccc(CCCN(CCCc2ccccc2)CCc2c[nH]c3ccccc23)cc1. The molecule has 0 fully saturated rings. The van der Waals surface area contributed by atoms with Crippen molar-refractivity contribution in [2.45, 2.75) is 32.1 Å². The predicted octanol–water partition coefficient (Wildman–Crippen LogP) is 6.28. The second kappa shape index (κ2) is 10.8. The maximum absolute atomic E-state index is 3.42. The summed E-state index contributed by atoms with van der Waals surface area (Å²) < 4.78 is 0. The van der Waals surface area contributed by atoms with Gasteiger partial charge in [0.25, 0.3) is 0 Å². The van der Waals surface area contributed by atoms with Gasteiger partial charge in [-0.2, -0.15) is 0 Å². The van der Waals surface area contributed by atoms with Crippen molar-refractivity contribution in [1.82, 2.24) is 9.88 Å². The van der Waals surface area contributed by atoms with E-state index in [4.69, 9.17) is 0 Å². The third-order valence-electron chi connectivity index (χ3n) is 5.94. The first-order chi connectivity index (χ1) is 14.9. The zero-order valence-electron chi connectivity index (χ0n) is 17.8. The molecule has 0 aliphatic carbocycles. The Morgan fingerprint density at radius 2 is 1.13 bits per heavy atom. The summed E-state index contributed by atoms with van der Waals surface area (Å²) in [5.41, 5.74) is 5.56. The smallest absolute Gasteiger partial charge is 0.0456 e. The third-order valence-corrected chi connectivity index (χ3v) is 5.94. The number of benzene rings is 3. The second-order valence-electron chi connectivity index (χ2n) is 8.13. The van der Waals surface area contributed by atoms with Crippen LogP contribution in [0.4, 0.5) is 0 Å². The lowest BCUT2D eigenvalue weighted by Crippen LogP contribution is -2.29. The molecule has 0 saturated heterocycles. The first-order valence-electron chi connectivity index (χ1n) is 11.2. The number of fused-ring (bicyclic) bond motifs is 1. The molecule has 0 saturated carbocycles. The van der Waals surface area contributed by atoms with E-state index >= 15 is 0 Å². The lowest BCUT2D eigenvalue weighted by Gasteiger charge is -2.22. The number of aromatic amines is 1. The van der Waals surface area contributed by atoms with E-state index in [1.54, 1.807) is 0 Å². The van der Waals surface area contributed by atoms with Gasteiger partial charge in [-0.25, -0.2) is 0 Å². The fraction of sp³-hybridized carbons (Fsp3) is 0.286. The van der Waals surface area contributed by atoms with Gasteiger partial charge in [0.15, 0.2) is 0 Å². The van der Waals surface area contributed by atoms with Crippen LogP contribution in [0.2, 0.25) is 0 Å². The lowest BCUT2D eigenvalue weighted by molar-refractivity contribution is 0.270. The van der Waals surface area contributed by atoms with Gasteiger partial charge in [0.1, 0.15) is 0 Å². The van der Waals surface area contributed by atoms with E-state index in [0.29, 0.717) is 0 Å². The number of H-pyrrole nitrogens is 1. The molecule has 0 bridgehead atoms. The lowest BCUT2D eigenvalue weighted by atomic mass is 10.1. The molecule has 30 heavy (non-hydrogen) atoms.